The summed E-state index contributed by atoms with van der Waals surface area (Å²) in [5.41, 5.74) is 2.21. The van der Waals surface area contributed by atoms with E-state index < -0.39 is 0 Å². The second-order valence-corrected chi connectivity index (χ2v) is 8.41. The van der Waals surface area contributed by atoms with Crippen LogP contribution in [0.2, 0.25) is 0 Å². The predicted octanol–water partition coefficient (Wildman–Crippen LogP) is 3.12. The fraction of sp³-hybridized carbons (Fsp3) is 0.318. The highest BCUT2D eigenvalue weighted by Gasteiger charge is 2.20. The van der Waals surface area contributed by atoms with Crippen molar-refractivity contribution in [3.8, 4) is 11.5 Å². The molecule has 1 saturated heterocycles. The number of anilines is 2. The molecule has 1 aliphatic rings. The zero-order valence-corrected chi connectivity index (χ0v) is 18.2. The summed E-state index contributed by atoms with van der Waals surface area (Å²) in [5.74, 6) is 0.591. The minimum absolute atomic E-state index is 0.0589. The normalized spacial score (nSPS) is 15.0. The Morgan fingerprint density at radius 3 is 2.52 bits per heavy atom. The number of aromatic nitrogens is 1. The van der Waals surface area contributed by atoms with E-state index in [2.05, 4.69) is 25.4 Å². The van der Waals surface area contributed by atoms with Gasteiger partial charge >= 0.3 is 0 Å². The topological polar surface area (TPSA) is 90.7 Å². The van der Waals surface area contributed by atoms with Gasteiger partial charge in [0, 0.05) is 49.9 Å². The standard InChI is InChI=1S/C22H25N5O3S/c1-16(28)23-17-4-2-5-18(12-17)24-21(29)13-26-7-9-27(10-8-26)14-22-25-19(15-31-22)20-6-3-11-30-20/h2-6,11-12,15H,7-10,13-14H2,1H3,(H,23,28)(H,24,29). The van der Waals surface area contributed by atoms with Crippen molar-refractivity contribution in [2.24, 2.45) is 0 Å². The third-order valence-corrected chi connectivity index (χ3v) is 5.82. The number of furan rings is 1. The third-order valence-electron chi connectivity index (χ3n) is 4.98. The quantitative estimate of drug-likeness (QED) is 0.588. The van der Waals surface area contributed by atoms with Gasteiger partial charge in [-0.3, -0.25) is 19.4 Å². The Bertz CT molecular complexity index is 1030. The van der Waals surface area contributed by atoms with Gasteiger partial charge in [0.15, 0.2) is 5.76 Å². The number of hydrogen-bond donors (Lipinski definition) is 2. The van der Waals surface area contributed by atoms with Gasteiger partial charge in [0.2, 0.25) is 11.8 Å². The molecule has 162 valence electrons. The van der Waals surface area contributed by atoms with Gasteiger partial charge in [-0.2, -0.15) is 0 Å². The van der Waals surface area contributed by atoms with Gasteiger partial charge in [0.25, 0.3) is 0 Å². The van der Waals surface area contributed by atoms with Crippen molar-refractivity contribution in [1.82, 2.24) is 14.8 Å². The average molecular weight is 440 g/mol. The van der Waals surface area contributed by atoms with E-state index in [-0.39, 0.29) is 11.8 Å². The van der Waals surface area contributed by atoms with Crippen molar-refractivity contribution in [1.29, 1.82) is 0 Å². The van der Waals surface area contributed by atoms with Gasteiger partial charge in [0.1, 0.15) is 10.7 Å². The van der Waals surface area contributed by atoms with Gasteiger partial charge in [-0.15, -0.1) is 11.3 Å². The van der Waals surface area contributed by atoms with Gasteiger partial charge in [-0.25, -0.2) is 4.98 Å². The molecular weight excluding hydrogens is 414 g/mol. The summed E-state index contributed by atoms with van der Waals surface area (Å²) in [4.78, 5) is 32.8. The van der Waals surface area contributed by atoms with Crippen molar-refractivity contribution in [2.45, 2.75) is 13.5 Å². The maximum Gasteiger partial charge on any atom is 0.238 e. The number of piperazine rings is 1. The number of amides is 2. The van der Waals surface area contributed by atoms with Crippen molar-refractivity contribution in [3.05, 3.63) is 53.0 Å². The maximum atomic E-state index is 12.4. The van der Waals surface area contributed by atoms with Crippen LogP contribution in [0.5, 0.6) is 0 Å². The molecule has 9 heteroatoms. The molecule has 1 aromatic carbocycles. The Balaban J connectivity index is 1.22. The number of carbonyl (C=O) groups is 2. The van der Waals surface area contributed by atoms with Gasteiger partial charge < -0.3 is 15.1 Å². The fourth-order valence-corrected chi connectivity index (χ4v) is 4.32. The molecular formula is C22H25N5O3S. The van der Waals surface area contributed by atoms with Crippen molar-refractivity contribution < 1.29 is 14.0 Å². The lowest BCUT2D eigenvalue weighted by Crippen LogP contribution is -2.48. The van der Waals surface area contributed by atoms with Crippen LogP contribution in [0.15, 0.2) is 52.5 Å². The van der Waals surface area contributed by atoms with Crippen LogP contribution < -0.4 is 10.6 Å². The highest BCUT2D eigenvalue weighted by molar-refractivity contribution is 7.09. The molecule has 0 saturated carbocycles. The molecule has 2 amide bonds. The van der Waals surface area contributed by atoms with E-state index in [9.17, 15) is 9.59 Å². The van der Waals surface area contributed by atoms with Gasteiger partial charge in [-0.05, 0) is 30.3 Å². The van der Waals surface area contributed by atoms with Crippen LogP contribution in [0, 0.1) is 0 Å². The molecule has 0 bridgehead atoms. The van der Waals surface area contributed by atoms with E-state index in [4.69, 9.17) is 4.42 Å². The molecule has 31 heavy (non-hydrogen) atoms. The zero-order chi connectivity index (χ0) is 21.6. The molecule has 3 aromatic rings. The van der Waals surface area contributed by atoms with Crippen LogP contribution in [0.25, 0.3) is 11.5 Å². The van der Waals surface area contributed by atoms with E-state index in [1.807, 2.05) is 23.6 Å². The average Bonchev–Trinajstić information content (AvgIpc) is 3.41. The Morgan fingerprint density at radius 1 is 1.06 bits per heavy atom. The molecule has 4 rings (SSSR count). The zero-order valence-electron chi connectivity index (χ0n) is 17.3. The lowest BCUT2D eigenvalue weighted by atomic mass is 10.2. The van der Waals surface area contributed by atoms with E-state index in [0.29, 0.717) is 17.9 Å². The van der Waals surface area contributed by atoms with Crippen molar-refractivity contribution in [2.75, 3.05) is 43.4 Å². The summed E-state index contributed by atoms with van der Waals surface area (Å²) in [6.45, 7) is 6.05. The Kier molecular flexibility index (Phi) is 6.76. The highest BCUT2D eigenvalue weighted by Crippen LogP contribution is 2.23. The van der Waals surface area contributed by atoms with E-state index in [1.165, 1.54) is 6.92 Å². The minimum atomic E-state index is -0.142. The molecule has 0 spiro atoms. The Hall–Kier alpha value is -3.01. The first kappa shape index (κ1) is 21.2. The first-order valence-corrected chi connectivity index (χ1v) is 11.0. The lowest BCUT2D eigenvalue weighted by Gasteiger charge is -2.33. The summed E-state index contributed by atoms with van der Waals surface area (Å²) in [6, 6.07) is 10.9. The van der Waals surface area contributed by atoms with E-state index in [0.717, 1.165) is 49.2 Å². The number of carbonyl (C=O) groups excluding carboxylic acids is 2. The van der Waals surface area contributed by atoms with Crippen LogP contribution in [-0.4, -0.2) is 59.3 Å². The smallest absolute Gasteiger partial charge is 0.238 e. The maximum absolute atomic E-state index is 12.4. The minimum Gasteiger partial charge on any atom is -0.463 e. The second kappa shape index (κ2) is 9.86. The molecule has 0 aliphatic carbocycles. The van der Waals surface area contributed by atoms with E-state index in [1.54, 1.807) is 35.8 Å². The summed E-state index contributed by atoms with van der Waals surface area (Å²) < 4.78 is 5.41. The molecule has 0 radical (unpaired) electrons. The summed E-state index contributed by atoms with van der Waals surface area (Å²) >= 11 is 1.64. The summed E-state index contributed by atoms with van der Waals surface area (Å²) in [5, 5.41) is 8.72. The van der Waals surface area contributed by atoms with Crippen LogP contribution >= 0.6 is 11.3 Å². The first-order valence-electron chi connectivity index (χ1n) is 10.2. The predicted molar refractivity (Wildman–Crippen MR) is 121 cm³/mol. The van der Waals surface area contributed by atoms with E-state index >= 15 is 0 Å². The first-order chi connectivity index (χ1) is 15.0. The number of nitrogens with zero attached hydrogens (tertiary/aromatic N) is 3. The monoisotopic (exact) mass is 439 g/mol. The van der Waals surface area contributed by atoms with Crippen LogP contribution in [-0.2, 0) is 16.1 Å². The molecule has 1 aliphatic heterocycles. The second-order valence-electron chi connectivity index (χ2n) is 7.47. The Labute approximate surface area is 184 Å². The van der Waals surface area contributed by atoms with Gasteiger partial charge in [-0.1, -0.05) is 6.07 Å². The number of hydrogen-bond acceptors (Lipinski definition) is 7. The van der Waals surface area contributed by atoms with Gasteiger partial charge in [0.05, 0.1) is 19.4 Å². The molecule has 2 aromatic heterocycles. The molecule has 2 N–H and O–H groups in total. The van der Waals surface area contributed by atoms with Crippen LogP contribution in [0.3, 0.4) is 0 Å². The Morgan fingerprint density at radius 2 is 1.81 bits per heavy atom. The molecule has 0 unspecified atom stereocenters. The summed E-state index contributed by atoms with van der Waals surface area (Å²) in [7, 11) is 0. The molecule has 0 atom stereocenters. The van der Waals surface area contributed by atoms with Crippen molar-refractivity contribution >= 4 is 34.5 Å². The lowest BCUT2D eigenvalue weighted by molar-refractivity contribution is -0.117. The van der Waals surface area contributed by atoms with Crippen LogP contribution in [0.1, 0.15) is 11.9 Å². The molecule has 3 heterocycles. The number of nitrogens with one attached hydrogen (secondary N) is 2. The largest absolute Gasteiger partial charge is 0.463 e. The molecule has 1 fully saturated rings. The van der Waals surface area contributed by atoms with Crippen LogP contribution in [0.4, 0.5) is 11.4 Å². The third kappa shape index (κ3) is 6.00. The fourth-order valence-electron chi connectivity index (χ4n) is 3.50. The van der Waals surface area contributed by atoms with Crippen molar-refractivity contribution in [3.63, 3.8) is 0 Å². The summed E-state index contributed by atoms with van der Waals surface area (Å²) in [6.07, 6.45) is 1.66. The highest BCUT2D eigenvalue weighted by atomic mass is 32.1. The number of rotatable bonds is 7. The SMILES string of the molecule is CC(=O)Nc1cccc(NC(=O)CN2CCN(Cc3nc(-c4ccco4)cs3)CC2)c1. The number of benzene rings is 1. The molecule has 8 nitrogen and oxygen atoms in total. The number of thiazole rings is 1.